The summed E-state index contributed by atoms with van der Waals surface area (Å²) < 4.78 is 55.1. The number of aromatic nitrogens is 2. The van der Waals surface area contributed by atoms with Crippen molar-refractivity contribution in [2.75, 3.05) is 10.0 Å². The molecule has 0 saturated heterocycles. The van der Waals surface area contributed by atoms with Gasteiger partial charge in [-0.05, 0) is 66.7 Å². The summed E-state index contributed by atoms with van der Waals surface area (Å²) in [5.74, 6) is -2.80. The van der Waals surface area contributed by atoms with Crippen LogP contribution in [0.25, 0.3) is 5.69 Å². The van der Waals surface area contributed by atoms with Crippen LogP contribution in [-0.2, 0) is 10.0 Å². The third-order valence-corrected chi connectivity index (χ3v) is 5.85. The Morgan fingerprint density at radius 2 is 1.66 bits per heavy atom. The van der Waals surface area contributed by atoms with Gasteiger partial charge in [0.2, 0.25) is 0 Å². The molecule has 0 fully saturated rings. The smallest absolute Gasteiger partial charge is 0.261 e. The molecule has 4 aromatic rings. The molecule has 0 spiro atoms. The Labute approximate surface area is 182 Å². The van der Waals surface area contributed by atoms with Gasteiger partial charge in [-0.3, -0.25) is 9.52 Å². The molecule has 1 aromatic heterocycles. The van der Waals surface area contributed by atoms with Gasteiger partial charge in [0.15, 0.2) is 11.6 Å². The van der Waals surface area contributed by atoms with Gasteiger partial charge in [0.25, 0.3) is 15.9 Å². The van der Waals surface area contributed by atoms with Crippen LogP contribution in [0, 0.1) is 11.6 Å². The number of nitrogens with zero attached hydrogens (tertiary/aromatic N) is 2. The highest BCUT2D eigenvalue weighted by Gasteiger charge is 2.17. The van der Waals surface area contributed by atoms with E-state index in [9.17, 15) is 22.0 Å². The molecule has 0 saturated carbocycles. The zero-order valence-electron chi connectivity index (χ0n) is 16.4. The fourth-order valence-electron chi connectivity index (χ4n) is 2.90. The van der Waals surface area contributed by atoms with Gasteiger partial charge in [-0.2, -0.15) is 5.10 Å². The molecule has 2 N–H and O–H groups in total. The quantitative estimate of drug-likeness (QED) is 0.457. The van der Waals surface area contributed by atoms with E-state index in [0.717, 1.165) is 17.8 Å². The van der Waals surface area contributed by atoms with E-state index < -0.39 is 32.5 Å². The zero-order valence-corrected chi connectivity index (χ0v) is 17.2. The Bertz CT molecular complexity index is 1370. The second kappa shape index (κ2) is 8.60. The van der Waals surface area contributed by atoms with Gasteiger partial charge in [0.05, 0.1) is 10.6 Å². The van der Waals surface area contributed by atoms with E-state index in [2.05, 4.69) is 15.1 Å². The summed E-state index contributed by atoms with van der Waals surface area (Å²) in [6.45, 7) is 0. The van der Waals surface area contributed by atoms with E-state index in [1.165, 1.54) is 24.3 Å². The Hall–Kier alpha value is -4.05. The first kappa shape index (κ1) is 21.2. The van der Waals surface area contributed by atoms with Crippen molar-refractivity contribution in [3.63, 3.8) is 0 Å². The molecule has 1 heterocycles. The predicted octanol–water partition coefficient (Wildman–Crippen LogP) is 4.20. The molecule has 10 heteroatoms. The fourth-order valence-corrected chi connectivity index (χ4v) is 3.97. The summed E-state index contributed by atoms with van der Waals surface area (Å²) in [5.41, 5.74) is 1.79. The summed E-state index contributed by atoms with van der Waals surface area (Å²) in [6.07, 6.45) is 3.43. The molecule has 0 aliphatic rings. The van der Waals surface area contributed by atoms with Gasteiger partial charge >= 0.3 is 0 Å². The van der Waals surface area contributed by atoms with Gasteiger partial charge in [-0.25, -0.2) is 21.9 Å². The highest BCUT2D eigenvalue weighted by atomic mass is 32.2. The Kier molecular flexibility index (Phi) is 5.69. The lowest BCUT2D eigenvalue weighted by Crippen LogP contribution is -2.14. The van der Waals surface area contributed by atoms with Crippen LogP contribution in [0.2, 0.25) is 0 Å². The molecule has 0 unspecified atom stereocenters. The molecular weight excluding hydrogens is 438 g/mol. The lowest BCUT2D eigenvalue weighted by Gasteiger charge is -2.10. The van der Waals surface area contributed by atoms with Crippen molar-refractivity contribution < 1.29 is 22.0 Å². The molecule has 7 nitrogen and oxygen atoms in total. The van der Waals surface area contributed by atoms with Gasteiger partial charge in [0, 0.05) is 29.3 Å². The number of amides is 1. The van der Waals surface area contributed by atoms with E-state index in [-0.39, 0.29) is 5.69 Å². The van der Waals surface area contributed by atoms with Gasteiger partial charge in [-0.15, -0.1) is 0 Å². The average molecular weight is 454 g/mol. The number of sulfonamides is 1. The van der Waals surface area contributed by atoms with Crippen molar-refractivity contribution in [3.8, 4) is 5.69 Å². The monoisotopic (exact) mass is 454 g/mol. The summed E-state index contributed by atoms with van der Waals surface area (Å²) >= 11 is 0. The van der Waals surface area contributed by atoms with E-state index in [1.54, 1.807) is 41.3 Å². The standard InChI is InChI=1S/C22H16F2N4O3S/c23-20-10-9-19(14-21(20)24)32(30,31)27-16-7-5-15(6-8-16)22(29)26-17-3-1-4-18(13-17)28-12-2-11-25-28/h1-14,27H,(H,26,29). The molecule has 1 amide bonds. The average Bonchev–Trinajstić information content (AvgIpc) is 3.31. The molecule has 32 heavy (non-hydrogen) atoms. The molecule has 0 atom stereocenters. The molecule has 4 rings (SSSR count). The van der Waals surface area contributed by atoms with E-state index in [4.69, 9.17) is 0 Å². The van der Waals surface area contributed by atoms with Crippen molar-refractivity contribution in [3.05, 3.63) is 102 Å². The normalized spacial score (nSPS) is 11.2. The van der Waals surface area contributed by atoms with Crippen LogP contribution < -0.4 is 10.0 Å². The second-order valence-corrected chi connectivity index (χ2v) is 8.40. The molecule has 3 aromatic carbocycles. The fraction of sp³-hybridized carbons (Fsp3) is 0. The lowest BCUT2D eigenvalue weighted by atomic mass is 10.2. The molecule has 0 bridgehead atoms. The largest absolute Gasteiger partial charge is 0.322 e. The first-order valence-corrected chi connectivity index (χ1v) is 10.8. The maximum Gasteiger partial charge on any atom is 0.261 e. The number of hydrogen-bond acceptors (Lipinski definition) is 4. The predicted molar refractivity (Wildman–Crippen MR) is 115 cm³/mol. The second-order valence-electron chi connectivity index (χ2n) is 6.71. The Morgan fingerprint density at radius 3 is 2.34 bits per heavy atom. The summed E-state index contributed by atoms with van der Waals surface area (Å²) in [6, 6.07) is 16.9. The van der Waals surface area contributed by atoms with Gasteiger partial charge in [0.1, 0.15) is 0 Å². The number of carbonyl (C=O) groups excluding carboxylic acids is 1. The summed E-state index contributed by atoms with van der Waals surface area (Å²) in [4.78, 5) is 12.1. The lowest BCUT2D eigenvalue weighted by molar-refractivity contribution is 0.102. The zero-order chi connectivity index (χ0) is 22.7. The number of nitrogens with one attached hydrogen (secondary N) is 2. The van der Waals surface area contributed by atoms with E-state index in [0.29, 0.717) is 17.3 Å². The highest BCUT2D eigenvalue weighted by Crippen LogP contribution is 2.20. The molecule has 162 valence electrons. The topological polar surface area (TPSA) is 93.1 Å². The number of rotatable bonds is 6. The number of hydrogen-bond donors (Lipinski definition) is 2. The Morgan fingerprint density at radius 1 is 0.875 bits per heavy atom. The number of anilines is 2. The van der Waals surface area contributed by atoms with E-state index >= 15 is 0 Å². The minimum absolute atomic E-state index is 0.159. The molecular formula is C22H16F2N4O3S. The van der Waals surface area contributed by atoms with Crippen LogP contribution in [0.1, 0.15) is 10.4 Å². The van der Waals surface area contributed by atoms with Crippen molar-refractivity contribution in [2.24, 2.45) is 0 Å². The molecule has 0 aliphatic heterocycles. The van der Waals surface area contributed by atoms with Crippen molar-refractivity contribution >= 4 is 27.3 Å². The first-order chi connectivity index (χ1) is 15.3. The number of benzene rings is 3. The minimum Gasteiger partial charge on any atom is -0.322 e. The number of halogens is 2. The molecule has 0 aliphatic carbocycles. The van der Waals surface area contributed by atoms with Crippen LogP contribution in [0.5, 0.6) is 0 Å². The highest BCUT2D eigenvalue weighted by molar-refractivity contribution is 7.92. The van der Waals surface area contributed by atoms with Crippen LogP contribution in [0.4, 0.5) is 20.2 Å². The molecule has 0 radical (unpaired) electrons. The third kappa shape index (κ3) is 4.65. The van der Waals surface area contributed by atoms with Crippen LogP contribution in [-0.4, -0.2) is 24.1 Å². The summed E-state index contributed by atoms with van der Waals surface area (Å²) in [5, 5.41) is 6.91. The first-order valence-electron chi connectivity index (χ1n) is 9.31. The van der Waals surface area contributed by atoms with Gasteiger partial charge < -0.3 is 5.32 Å². The number of carbonyl (C=O) groups is 1. The van der Waals surface area contributed by atoms with Crippen LogP contribution >= 0.6 is 0 Å². The maximum atomic E-state index is 13.4. The van der Waals surface area contributed by atoms with Crippen molar-refractivity contribution in [2.45, 2.75) is 4.90 Å². The summed E-state index contributed by atoms with van der Waals surface area (Å²) in [7, 11) is -4.13. The maximum absolute atomic E-state index is 13.4. The van der Waals surface area contributed by atoms with Crippen molar-refractivity contribution in [1.29, 1.82) is 0 Å². The van der Waals surface area contributed by atoms with E-state index in [1.807, 2.05) is 6.07 Å². The Balaban J connectivity index is 1.46. The van der Waals surface area contributed by atoms with Crippen LogP contribution in [0.3, 0.4) is 0 Å². The van der Waals surface area contributed by atoms with Crippen LogP contribution in [0.15, 0.2) is 90.1 Å². The minimum atomic E-state index is -4.13. The third-order valence-electron chi connectivity index (χ3n) is 4.47. The van der Waals surface area contributed by atoms with Gasteiger partial charge in [-0.1, -0.05) is 6.07 Å². The SMILES string of the molecule is O=C(Nc1cccc(-n2cccn2)c1)c1ccc(NS(=O)(=O)c2ccc(F)c(F)c2)cc1. The van der Waals surface area contributed by atoms with Crippen molar-refractivity contribution in [1.82, 2.24) is 9.78 Å².